The first-order valence-corrected chi connectivity index (χ1v) is 9.28. The van der Waals surface area contributed by atoms with Gasteiger partial charge in [-0.25, -0.2) is 9.80 Å². The van der Waals surface area contributed by atoms with Crippen molar-refractivity contribution in [3.63, 3.8) is 0 Å². The number of hydrogen-bond donors (Lipinski definition) is 0. The summed E-state index contributed by atoms with van der Waals surface area (Å²) in [5.41, 5.74) is 1.09. The largest absolute Gasteiger partial charge is 0.487 e. The predicted molar refractivity (Wildman–Crippen MR) is 104 cm³/mol. The summed E-state index contributed by atoms with van der Waals surface area (Å²) in [7, 11) is 1.58. The Balaban J connectivity index is 1.29. The third-order valence-electron chi connectivity index (χ3n) is 4.80. The van der Waals surface area contributed by atoms with Crippen molar-refractivity contribution in [3.8, 4) is 11.5 Å². The van der Waals surface area contributed by atoms with Crippen molar-refractivity contribution in [2.45, 2.75) is 18.6 Å². The molecule has 0 bridgehead atoms. The maximum Gasteiger partial charge on any atom is 0.341 e. The molecule has 1 atom stereocenters. The van der Waals surface area contributed by atoms with E-state index in [4.69, 9.17) is 14.2 Å². The Morgan fingerprint density at radius 3 is 2.50 bits per heavy atom. The summed E-state index contributed by atoms with van der Waals surface area (Å²) >= 11 is 0. The molecule has 2 aromatic carbocycles. The highest BCUT2D eigenvalue weighted by molar-refractivity contribution is 5.79. The van der Waals surface area contributed by atoms with E-state index in [9.17, 15) is 4.79 Å². The first-order valence-electron chi connectivity index (χ1n) is 9.28. The normalized spacial score (nSPS) is 18.8. The standard InChI is InChI=1S/C21H23N3O4/c1-26-15-27-17-7-9-18(10-8-17)28-19-13-23(14-19)21(25)24-20(11-12-22-24)16-5-3-2-4-6-16/h2-10,12,19-20H,11,13-15H2,1H3. The summed E-state index contributed by atoms with van der Waals surface area (Å²) in [4.78, 5) is 14.6. The summed E-state index contributed by atoms with van der Waals surface area (Å²) < 4.78 is 16.2. The molecule has 1 fully saturated rings. The number of urea groups is 1. The molecule has 0 aromatic heterocycles. The highest BCUT2D eigenvalue weighted by atomic mass is 16.7. The van der Waals surface area contributed by atoms with Crippen LogP contribution in [0.4, 0.5) is 4.79 Å². The summed E-state index contributed by atoms with van der Waals surface area (Å²) in [5.74, 6) is 1.47. The molecule has 0 N–H and O–H groups in total. The number of methoxy groups -OCH3 is 1. The van der Waals surface area contributed by atoms with E-state index >= 15 is 0 Å². The molecule has 146 valence electrons. The highest BCUT2D eigenvalue weighted by Crippen LogP contribution is 2.30. The maximum atomic E-state index is 12.8. The van der Waals surface area contributed by atoms with Gasteiger partial charge in [-0.3, -0.25) is 0 Å². The van der Waals surface area contributed by atoms with Crippen LogP contribution in [0.1, 0.15) is 18.0 Å². The zero-order chi connectivity index (χ0) is 19.3. The predicted octanol–water partition coefficient (Wildman–Crippen LogP) is 3.29. The second kappa shape index (κ2) is 8.31. The number of amides is 2. The van der Waals surface area contributed by atoms with Crippen LogP contribution < -0.4 is 9.47 Å². The third kappa shape index (κ3) is 3.94. The molecule has 1 unspecified atom stereocenters. The molecule has 2 aliphatic heterocycles. The minimum absolute atomic E-state index is 0.0172. The Morgan fingerprint density at radius 1 is 1.07 bits per heavy atom. The molecule has 2 amide bonds. The lowest BCUT2D eigenvalue weighted by Crippen LogP contribution is -2.58. The van der Waals surface area contributed by atoms with E-state index < -0.39 is 0 Å². The van der Waals surface area contributed by atoms with Crippen molar-refractivity contribution < 1.29 is 19.0 Å². The Kier molecular flexibility index (Phi) is 5.43. The van der Waals surface area contributed by atoms with Gasteiger partial charge in [0.05, 0.1) is 19.1 Å². The van der Waals surface area contributed by atoms with Gasteiger partial charge in [0.15, 0.2) is 6.79 Å². The van der Waals surface area contributed by atoms with Crippen LogP contribution in [0.5, 0.6) is 11.5 Å². The van der Waals surface area contributed by atoms with Gasteiger partial charge < -0.3 is 19.1 Å². The van der Waals surface area contributed by atoms with Crippen molar-refractivity contribution in [1.29, 1.82) is 0 Å². The maximum absolute atomic E-state index is 12.8. The van der Waals surface area contributed by atoms with Crippen LogP contribution in [0.25, 0.3) is 0 Å². The topological polar surface area (TPSA) is 63.6 Å². The first kappa shape index (κ1) is 18.3. The first-order chi connectivity index (χ1) is 13.7. The summed E-state index contributed by atoms with van der Waals surface area (Å²) in [6.45, 7) is 1.31. The molecule has 28 heavy (non-hydrogen) atoms. The molecule has 0 saturated carbocycles. The molecule has 0 radical (unpaired) electrons. The molecule has 0 spiro atoms. The minimum Gasteiger partial charge on any atom is -0.487 e. The van der Waals surface area contributed by atoms with Gasteiger partial charge in [-0.2, -0.15) is 5.10 Å². The number of carbonyl (C=O) groups is 1. The van der Waals surface area contributed by atoms with Crippen molar-refractivity contribution in [2.24, 2.45) is 5.10 Å². The van der Waals surface area contributed by atoms with Crippen LogP contribution in [0.2, 0.25) is 0 Å². The monoisotopic (exact) mass is 381 g/mol. The van der Waals surface area contributed by atoms with E-state index in [1.807, 2.05) is 54.6 Å². The van der Waals surface area contributed by atoms with Crippen LogP contribution in [0.3, 0.4) is 0 Å². The van der Waals surface area contributed by atoms with E-state index in [1.54, 1.807) is 23.2 Å². The van der Waals surface area contributed by atoms with Crippen LogP contribution >= 0.6 is 0 Å². The second-order valence-electron chi connectivity index (χ2n) is 6.75. The number of hydrogen-bond acceptors (Lipinski definition) is 5. The Hall–Kier alpha value is -3.06. The quantitative estimate of drug-likeness (QED) is 0.721. The molecular formula is C21H23N3O4. The van der Waals surface area contributed by atoms with Crippen molar-refractivity contribution >= 4 is 12.2 Å². The van der Waals surface area contributed by atoms with E-state index in [0.29, 0.717) is 13.1 Å². The van der Waals surface area contributed by atoms with Gasteiger partial charge in [-0.1, -0.05) is 30.3 Å². The zero-order valence-corrected chi connectivity index (χ0v) is 15.7. The second-order valence-corrected chi connectivity index (χ2v) is 6.75. The average Bonchev–Trinajstić information content (AvgIpc) is 3.20. The van der Waals surface area contributed by atoms with Gasteiger partial charge in [-0.05, 0) is 29.8 Å². The lowest BCUT2D eigenvalue weighted by Gasteiger charge is -2.41. The molecular weight excluding hydrogens is 358 g/mol. The summed E-state index contributed by atoms with van der Waals surface area (Å²) in [6, 6.07) is 17.3. The van der Waals surface area contributed by atoms with Crippen LogP contribution in [0.15, 0.2) is 59.7 Å². The average molecular weight is 381 g/mol. The minimum atomic E-state index is -0.0780. The number of nitrogens with zero attached hydrogens (tertiary/aromatic N) is 3. The Bertz CT molecular complexity index is 819. The Morgan fingerprint density at radius 2 is 1.79 bits per heavy atom. The molecule has 7 nitrogen and oxygen atoms in total. The lowest BCUT2D eigenvalue weighted by atomic mass is 10.0. The van der Waals surface area contributed by atoms with Crippen LogP contribution in [-0.4, -0.2) is 55.3 Å². The number of hydrazone groups is 1. The molecule has 2 heterocycles. The molecule has 7 heteroatoms. The summed E-state index contributed by atoms with van der Waals surface area (Å²) in [6.07, 6.45) is 2.52. The fourth-order valence-corrected chi connectivity index (χ4v) is 3.30. The Labute approximate surface area is 164 Å². The zero-order valence-electron chi connectivity index (χ0n) is 15.7. The third-order valence-corrected chi connectivity index (χ3v) is 4.80. The van der Waals surface area contributed by atoms with Crippen molar-refractivity contribution in [3.05, 3.63) is 60.2 Å². The highest BCUT2D eigenvalue weighted by Gasteiger charge is 2.38. The molecule has 1 saturated heterocycles. The molecule has 4 rings (SSSR count). The van der Waals surface area contributed by atoms with Gasteiger partial charge in [0, 0.05) is 19.7 Å². The molecule has 0 aliphatic carbocycles. The number of ether oxygens (including phenoxy) is 3. The van der Waals surface area contributed by atoms with Crippen molar-refractivity contribution in [2.75, 3.05) is 27.0 Å². The van der Waals surface area contributed by atoms with Gasteiger partial charge in [-0.15, -0.1) is 0 Å². The number of benzene rings is 2. The van der Waals surface area contributed by atoms with E-state index in [1.165, 1.54) is 0 Å². The van der Waals surface area contributed by atoms with Crippen molar-refractivity contribution in [1.82, 2.24) is 9.91 Å². The number of carbonyl (C=O) groups excluding carboxylic acids is 1. The van der Waals surface area contributed by atoms with Crippen LogP contribution in [0, 0.1) is 0 Å². The summed E-state index contributed by atoms with van der Waals surface area (Å²) in [5, 5.41) is 5.87. The molecule has 2 aliphatic rings. The van der Waals surface area contributed by atoms with Gasteiger partial charge in [0.25, 0.3) is 0 Å². The van der Waals surface area contributed by atoms with E-state index in [-0.39, 0.29) is 25.0 Å². The smallest absolute Gasteiger partial charge is 0.341 e. The van der Waals surface area contributed by atoms with Gasteiger partial charge in [0.1, 0.15) is 17.6 Å². The molecule has 2 aromatic rings. The van der Waals surface area contributed by atoms with Crippen LogP contribution in [-0.2, 0) is 4.74 Å². The fraction of sp³-hybridized carbons (Fsp3) is 0.333. The van der Waals surface area contributed by atoms with E-state index in [0.717, 1.165) is 23.5 Å². The van der Waals surface area contributed by atoms with Gasteiger partial charge >= 0.3 is 6.03 Å². The lowest BCUT2D eigenvalue weighted by molar-refractivity contribution is 0.0275. The number of likely N-dealkylation sites (tertiary alicyclic amines) is 1. The number of rotatable bonds is 6. The van der Waals surface area contributed by atoms with E-state index in [2.05, 4.69) is 5.10 Å². The SMILES string of the molecule is COCOc1ccc(OC2CN(C(=O)N3N=CCC3c3ccccc3)C2)cc1. The van der Waals surface area contributed by atoms with Gasteiger partial charge in [0.2, 0.25) is 0 Å². The fourth-order valence-electron chi connectivity index (χ4n) is 3.30.